The first kappa shape index (κ1) is 17.9. The number of amides is 1. The number of methoxy groups -OCH3 is 2. The van der Waals surface area contributed by atoms with Crippen molar-refractivity contribution in [2.24, 2.45) is 0 Å². The van der Waals surface area contributed by atoms with Gasteiger partial charge >= 0.3 is 0 Å². The first-order valence-corrected chi connectivity index (χ1v) is 8.00. The van der Waals surface area contributed by atoms with Gasteiger partial charge in [0.1, 0.15) is 11.5 Å². The molecule has 0 radical (unpaired) electrons. The molecular weight excluding hydrogens is 328 g/mol. The number of hydrogen-bond acceptors (Lipinski definition) is 4. The molecule has 128 valence electrons. The molecule has 2 N–H and O–H groups in total. The number of aryl methyl sites for hydroxylation is 1. The molecular formula is C18H21ClN2O3. The van der Waals surface area contributed by atoms with E-state index in [2.05, 4.69) is 17.6 Å². The molecule has 24 heavy (non-hydrogen) atoms. The van der Waals surface area contributed by atoms with E-state index in [1.54, 1.807) is 12.1 Å². The van der Waals surface area contributed by atoms with Gasteiger partial charge in [0.25, 0.3) is 0 Å². The lowest BCUT2D eigenvalue weighted by Gasteiger charge is -2.14. The van der Waals surface area contributed by atoms with E-state index >= 15 is 0 Å². The van der Waals surface area contributed by atoms with Crippen LogP contribution in [0.25, 0.3) is 0 Å². The number of carbonyl (C=O) groups is 1. The van der Waals surface area contributed by atoms with Crippen LogP contribution in [0.2, 0.25) is 5.02 Å². The van der Waals surface area contributed by atoms with Crippen molar-refractivity contribution < 1.29 is 14.3 Å². The zero-order valence-electron chi connectivity index (χ0n) is 14.0. The van der Waals surface area contributed by atoms with Gasteiger partial charge in [0, 0.05) is 17.8 Å². The SMILES string of the molecule is CCc1ccccc1NCC(=O)Nc1cc(OC)c(Cl)cc1OC. The third-order valence-electron chi connectivity index (χ3n) is 3.59. The van der Waals surface area contributed by atoms with Gasteiger partial charge in [0.05, 0.1) is 31.5 Å². The number of anilines is 2. The third-order valence-corrected chi connectivity index (χ3v) is 3.88. The first-order valence-electron chi connectivity index (χ1n) is 7.62. The summed E-state index contributed by atoms with van der Waals surface area (Å²) in [6, 6.07) is 11.2. The average molecular weight is 349 g/mol. The second-order valence-corrected chi connectivity index (χ2v) is 5.51. The van der Waals surface area contributed by atoms with E-state index in [-0.39, 0.29) is 12.5 Å². The van der Waals surface area contributed by atoms with Crippen molar-refractivity contribution in [2.75, 3.05) is 31.4 Å². The van der Waals surface area contributed by atoms with Crippen LogP contribution in [0.1, 0.15) is 12.5 Å². The summed E-state index contributed by atoms with van der Waals surface area (Å²) in [5.74, 6) is 0.753. The Hall–Kier alpha value is -2.40. The Morgan fingerprint density at radius 3 is 2.46 bits per heavy atom. The van der Waals surface area contributed by atoms with Crippen LogP contribution in [0.5, 0.6) is 11.5 Å². The minimum atomic E-state index is -0.191. The lowest BCUT2D eigenvalue weighted by Crippen LogP contribution is -2.22. The summed E-state index contributed by atoms with van der Waals surface area (Å²) in [5, 5.41) is 6.38. The molecule has 2 rings (SSSR count). The molecule has 0 aliphatic heterocycles. The van der Waals surface area contributed by atoms with Crippen LogP contribution >= 0.6 is 11.6 Å². The Morgan fingerprint density at radius 2 is 1.79 bits per heavy atom. The predicted octanol–water partition coefficient (Wildman–Crippen LogP) is 3.97. The fraction of sp³-hybridized carbons (Fsp3) is 0.278. The van der Waals surface area contributed by atoms with Crippen molar-refractivity contribution in [1.29, 1.82) is 0 Å². The van der Waals surface area contributed by atoms with E-state index in [1.165, 1.54) is 14.2 Å². The molecule has 1 amide bonds. The van der Waals surface area contributed by atoms with Gasteiger partial charge in [-0.05, 0) is 18.1 Å². The highest BCUT2D eigenvalue weighted by atomic mass is 35.5. The Kier molecular flexibility index (Phi) is 6.32. The Morgan fingerprint density at radius 1 is 1.08 bits per heavy atom. The van der Waals surface area contributed by atoms with Crippen molar-refractivity contribution in [2.45, 2.75) is 13.3 Å². The second-order valence-electron chi connectivity index (χ2n) is 5.10. The lowest BCUT2D eigenvalue weighted by molar-refractivity contribution is -0.114. The normalized spacial score (nSPS) is 10.2. The van der Waals surface area contributed by atoms with E-state index in [1.807, 2.05) is 24.3 Å². The Balaban J connectivity index is 2.07. The lowest BCUT2D eigenvalue weighted by atomic mass is 10.1. The highest BCUT2D eigenvalue weighted by Gasteiger charge is 2.12. The molecule has 5 nitrogen and oxygen atoms in total. The summed E-state index contributed by atoms with van der Waals surface area (Å²) in [5.41, 5.74) is 2.63. The second kappa shape index (κ2) is 8.45. The maximum Gasteiger partial charge on any atom is 0.243 e. The van der Waals surface area contributed by atoms with Crippen LogP contribution in [0.15, 0.2) is 36.4 Å². The van der Waals surface area contributed by atoms with E-state index in [0.717, 1.165) is 17.7 Å². The van der Waals surface area contributed by atoms with Crippen molar-refractivity contribution in [1.82, 2.24) is 0 Å². The number of benzene rings is 2. The van der Waals surface area contributed by atoms with Crippen molar-refractivity contribution in [3.05, 3.63) is 47.0 Å². The molecule has 0 spiro atoms. The molecule has 0 unspecified atom stereocenters. The molecule has 0 aliphatic rings. The molecule has 6 heteroatoms. The predicted molar refractivity (Wildman–Crippen MR) is 97.5 cm³/mol. The number of hydrogen-bond donors (Lipinski definition) is 2. The maximum atomic E-state index is 12.2. The fourth-order valence-electron chi connectivity index (χ4n) is 2.33. The molecule has 2 aromatic rings. The Bertz CT molecular complexity index is 719. The summed E-state index contributed by atoms with van der Waals surface area (Å²) in [6.45, 7) is 2.22. The van der Waals surface area contributed by atoms with Crippen LogP contribution in [-0.2, 0) is 11.2 Å². The molecule has 0 fully saturated rings. The summed E-state index contributed by atoms with van der Waals surface area (Å²) < 4.78 is 10.4. The van der Waals surface area contributed by atoms with E-state index in [4.69, 9.17) is 21.1 Å². The smallest absolute Gasteiger partial charge is 0.243 e. The van der Waals surface area contributed by atoms with Gasteiger partial charge in [0.2, 0.25) is 5.91 Å². The standard InChI is InChI=1S/C18H21ClN2O3/c1-4-12-7-5-6-8-14(12)20-11-18(22)21-15-10-16(23-2)13(19)9-17(15)24-3/h5-10,20H,4,11H2,1-3H3,(H,21,22). The van der Waals surface area contributed by atoms with E-state index in [9.17, 15) is 4.79 Å². The van der Waals surface area contributed by atoms with Gasteiger partial charge in [0.15, 0.2) is 0 Å². The number of ether oxygens (including phenoxy) is 2. The monoisotopic (exact) mass is 348 g/mol. The van der Waals surface area contributed by atoms with Crippen molar-refractivity contribution in [3.63, 3.8) is 0 Å². The minimum Gasteiger partial charge on any atom is -0.495 e. The van der Waals surface area contributed by atoms with Crippen molar-refractivity contribution >= 4 is 28.9 Å². The van der Waals surface area contributed by atoms with Gasteiger partial charge in [-0.1, -0.05) is 36.7 Å². The quantitative estimate of drug-likeness (QED) is 0.794. The minimum absolute atomic E-state index is 0.144. The number of para-hydroxylation sites is 1. The van der Waals surface area contributed by atoms with Gasteiger partial charge in [-0.25, -0.2) is 0 Å². The van der Waals surface area contributed by atoms with Gasteiger partial charge < -0.3 is 20.1 Å². The van der Waals surface area contributed by atoms with Crippen molar-refractivity contribution in [3.8, 4) is 11.5 Å². The fourth-order valence-corrected chi connectivity index (χ4v) is 2.56. The van der Waals surface area contributed by atoms with Gasteiger partial charge in [-0.3, -0.25) is 4.79 Å². The maximum absolute atomic E-state index is 12.2. The molecule has 0 saturated carbocycles. The largest absolute Gasteiger partial charge is 0.495 e. The highest BCUT2D eigenvalue weighted by molar-refractivity contribution is 6.32. The van der Waals surface area contributed by atoms with Crippen LogP contribution in [0.4, 0.5) is 11.4 Å². The van der Waals surface area contributed by atoms with Crippen LogP contribution in [0.3, 0.4) is 0 Å². The van der Waals surface area contributed by atoms with Gasteiger partial charge in [-0.2, -0.15) is 0 Å². The van der Waals surface area contributed by atoms with Gasteiger partial charge in [-0.15, -0.1) is 0 Å². The number of carbonyl (C=O) groups excluding carboxylic acids is 1. The molecule has 0 aliphatic carbocycles. The molecule has 0 saturated heterocycles. The zero-order chi connectivity index (χ0) is 17.5. The molecule has 0 atom stereocenters. The molecule has 0 bridgehead atoms. The van der Waals surface area contributed by atoms with Crippen LogP contribution in [-0.4, -0.2) is 26.7 Å². The number of halogens is 1. The van der Waals surface area contributed by atoms with Crippen LogP contribution < -0.4 is 20.1 Å². The summed E-state index contributed by atoms with van der Waals surface area (Å²) >= 11 is 6.06. The summed E-state index contributed by atoms with van der Waals surface area (Å²) in [4.78, 5) is 12.2. The highest BCUT2D eigenvalue weighted by Crippen LogP contribution is 2.35. The average Bonchev–Trinajstić information content (AvgIpc) is 2.61. The van der Waals surface area contributed by atoms with Crippen LogP contribution in [0, 0.1) is 0 Å². The third kappa shape index (κ3) is 4.32. The van der Waals surface area contributed by atoms with E-state index in [0.29, 0.717) is 22.2 Å². The molecule has 0 heterocycles. The summed E-state index contributed by atoms with van der Waals surface area (Å²) in [7, 11) is 3.03. The topological polar surface area (TPSA) is 59.6 Å². The summed E-state index contributed by atoms with van der Waals surface area (Å²) in [6.07, 6.45) is 0.896. The zero-order valence-corrected chi connectivity index (χ0v) is 14.7. The Labute approximate surface area is 146 Å². The number of nitrogens with one attached hydrogen (secondary N) is 2. The first-order chi connectivity index (χ1) is 11.6. The molecule has 0 aromatic heterocycles. The van der Waals surface area contributed by atoms with E-state index < -0.39 is 0 Å². The molecule has 2 aromatic carbocycles. The number of rotatable bonds is 7.